The zero-order valence-electron chi connectivity index (χ0n) is 11.4. The zero-order valence-corrected chi connectivity index (χ0v) is 12.2. The van der Waals surface area contributed by atoms with E-state index in [2.05, 4.69) is 9.71 Å². The van der Waals surface area contributed by atoms with Crippen molar-refractivity contribution in [3.8, 4) is 5.75 Å². The molecule has 0 radical (unpaired) electrons. The Hall–Kier alpha value is -1.96. The van der Waals surface area contributed by atoms with Crippen molar-refractivity contribution in [3.63, 3.8) is 0 Å². The molecular formula is C14H17N3O3S. The summed E-state index contributed by atoms with van der Waals surface area (Å²) in [5, 5.41) is 0. The summed E-state index contributed by atoms with van der Waals surface area (Å²) >= 11 is 0. The molecule has 2 rings (SSSR count). The lowest BCUT2D eigenvalue weighted by molar-refractivity contribution is 0.323. The van der Waals surface area contributed by atoms with Crippen molar-refractivity contribution < 1.29 is 13.2 Å². The molecule has 0 atom stereocenters. The summed E-state index contributed by atoms with van der Waals surface area (Å²) in [7, 11) is -3.63. The highest BCUT2D eigenvalue weighted by molar-refractivity contribution is 7.89. The van der Waals surface area contributed by atoms with Crippen LogP contribution in [0, 0.1) is 0 Å². The monoisotopic (exact) mass is 307 g/mol. The first-order valence-electron chi connectivity index (χ1n) is 6.45. The van der Waals surface area contributed by atoms with E-state index < -0.39 is 10.0 Å². The van der Waals surface area contributed by atoms with E-state index in [1.807, 2.05) is 30.3 Å². The van der Waals surface area contributed by atoms with Crippen LogP contribution < -0.4 is 15.2 Å². The summed E-state index contributed by atoms with van der Waals surface area (Å²) in [4.78, 5) is 4.07. The van der Waals surface area contributed by atoms with Gasteiger partial charge in [0.2, 0.25) is 10.0 Å². The predicted octanol–water partition coefficient (Wildman–Crippen LogP) is 0.898. The summed E-state index contributed by atoms with van der Waals surface area (Å²) in [5.41, 5.74) is 5.84. The van der Waals surface area contributed by atoms with Gasteiger partial charge in [0.15, 0.2) is 0 Å². The largest absolute Gasteiger partial charge is 0.492 e. The van der Waals surface area contributed by atoms with E-state index >= 15 is 0 Å². The number of nitrogens with one attached hydrogen (secondary N) is 1. The molecule has 0 saturated heterocycles. The minimum Gasteiger partial charge on any atom is -0.492 e. The van der Waals surface area contributed by atoms with Gasteiger partial charge in [-0.15, -0.1) is 0 Å². The standard InChI is InChI=1S/C14H17N3O3S/c15-11-13-14(7-4-8-16-13)21(18,19)17-9-10-20-12-5-2-1-3-6-12/h1-8,17H,9-11,15H2. The number of sulfonamides is 1. The third-order valence-corrected chi connectivity index (χ3v) is 4.27. The number of nitrogens with zero attached hydrogens (tertiary/aromatic N) is 1. The summed E-state index contributed by atoms with van der Waals surface area (Å²) in [5.74, 6) is 0.695. The Morgan fingerprint density at radius 1 is 1.14 bits per heavy atom. The lowest BCUT2D eigenvalue weighted by Crippen LogP contribution is -2.29. The maximum atomic E-state index is 12.2. The van der Waals surface area contributed by atoms with Gasteiger partial charge in [-0.1, -0.05) is 18.2 Å². The van der Waals surface area contributed by atoms with Crippen molar-refractivity contribution >= 4 is 10.0 Å². The highest BCUT2D eigenvalue weighted by Gasteiger charge is 2.17. The molecule has 0 amide bonds. The average Bonchev–Trinajstić information content (AvgIpc) is 2.52. The fraction of sp³-hybridized carbons (Fsp3) is 0.214. The zero-order chi connectivity index (χ0) is 15.1. The number of para-hydroxylation sites is 1. The van der Waals surface area contributed by atoms with Crippen molar-refractivity contribution in [2.75, 3.05) is 13.2 Å². The molecule has 112 valence electrons. The summed E-state index contributed by atoms with van der Waals surface area (Å²) in [6.45, 7) is 0.467. The van der Waals surface area contributed by atoms with E-state index in [1.165, 1.54) is 12.3 Å². The van der Waals surface area contributed by atoms with Gasteiger partial charge >= 0.3 is 0 Å². The first kappa shape index (κ1) is 15.4. The van der Waals surface area contributed by atoms with Gasteiger partial charge < -0.3 is 10.5 Å². The Bertz CT molecular complexity index is 675. The molecule has 0 aliphatic heterocycles. The molecule has 1 heterocycles. The lowest BCUT2D eigenvalue weighted by atomic mass is 10.3. The third-order valence-electron chi connectivity index (χ3n) is 2.74. The number of ether oxygens (including phenoxy) is 1. The maximum Gasteiger partial charge on any atom is 0.242 e. The summed E-state index contributed by atoms with van der Waals surface area (Å²) in [6.07, 6.45) is 1.51. The Morgan fingerprint density at radius 2 is 1.90 bits per heavy atom. The van der Waals surface area contributed by atoms with Crippen LogP contribution in [-0.2, 0) is 16.6 Å². The second-order valence-corrected chi connectivity index (χ2v) is 5.95. The molecule has 2 aromatic rings. The van der Waals surface area contributed by atoms with Gasteiger partial charge in [-0.2, -0.15) is 0 Å². The van der Waals surface area contributed by atoms with Crippen LogP contribution in [0.25, 0.3) is 0 Å². The molecule has 1 aromatic heterocycles. The number of pyridine rings is 1. The first-order chi connectivity index (χ1) is 10.1. The highest BCUT2D eigenvalue weighted by atomic mass is 32.2. The normalized spacial score (nSPS) is 11.3. The Morgan fingerprint density at radius 3 is 2.62 bits per heavy atom. The number of rotatable bonds is 7. The predicted molar refractivity (Wildman–Crippen MR) is 79.3 cm³/mol. The van der Waals surface area contributed by atoms with Crippen LogP contribution in [0.5, 0.6) is 5.75 Å². The molecule has 0 fully saturated rings. The summed E-state index contributed by atoms with van der Waals surface area (Å²) in [6, 6.07) is 12.2. The van der Waals surface area contributed by atoms with Crippen molar-refractivity contribution in [2.45, 2.75) is 11.4 Å². The van der Waals surface area contributed by atoms with Gasteiger partial charge in [0.1, 0.15) is 17.3 Å². The van der Waals surface area contributed by atoms with Crippen LogP contribution in [0.15, 0.2) is 53.6 Å². The smallest absolute Gasteiger partial charge is 0.242 e. The third kappa shape index (κ3) is 4.25. The maximum absolute atomic E-state index is 12.2. The molecule has 0 spiro atoms. The molecule has 6 nitrogen and oxygen atoms in total. The Labute approximate surface area is 124 Å². The number of benzene rings is 1. The molecule has 21 heavy (non-hydrogen) atoms. The van der Waals surface area contributed by atoms with Gasteiger partial charge in [-0.25, -0.2) is 13.1 Å². The van der Waals surface area contributed by atoms with Crippen LogP contribution in [0.4, 0.5) is 0 Å². The Kier molecular flexibility index (Phi) is 5.26. The van der Waals surface area contributed by atoms with Crippen molar-refractivity contribution in [3.05, 3.63) is 54.4 Å². The molecule has 0 bridgehead atoms. The van der Waals surface area contributed by atoms with Crippen LogP contribution >= 0.6 is 0 Å². The van der Waals surface area contributed by atoms with E-state index in [4.69, 9.17) is 10.5 Å². The van der Waals surface area contributed by atoms with Gasteiger partial charge in [-0.05, 0) is 24.3 Å². The van der Waals surface area contributed by atoms with E-state index in [0.29, 0.717) is 11.4 Å². The minimum absolute atomic E-state index is 0.0671. The second kappa shape index (κ2) is 7.16. The number of hydrogen-bond acceptors (Lipinski definition) is 5. The lowest BCUT2D eigenvalue weighted by Gasteiger charge is -2.10. The molecule has 3 N–H and O–H groups in total. The highest BCUT2D eigenvalue weighted by Crippen LogP contribution is 2.12. The van der Waals surface area contributed by atoms with Crippen LogP contribution in [0.1, 0.15) is 5.69 Å². The molecular weight excluding hydrogens is 290 g/mol. The SMILES string of the molecule is NCc1ncccc1S(=O)(=O)NCCOc1ccccc1. The second-order valence-electron chi connectivity index (χ2n) is 4.21. The van der Waals surface area contributed by atoms with E-state index in [0.717, 1.165) is 0 Å². The van der Waals surface area contributed by atoms with E-state index in [-0.39, 0.29) is 24.6 Å². The Balaban J connectivity index is 1.93. The molecule has 0 aliphatic rings. The number of nitrogens with two attached hydrogens (primary N) is 1. The molecule has 0 unspecified atom stereocenters. The summed E-state index contributed by atoms with van der Waals surface area (Å²) < 4.78 is 32.2. The van der Waals surface area contributed by atoms with E-state index in [9.17, 15) is 8.42 Å². The molecule has 1 aromatic carbocycles. The average molecular weight is 307 g/mol. The van der Waals surface area contributed by atoms with Crippen molar-refractivity contribution in [1.29, 1.82) is 0 Å². The fourth-order valence-corrected chi connectivity index (χ4v) is 2.97. The minimum atomic E-state index is -3.63. The van der Waals surface area contributed by atoms with Gasteiger partial charge in [0.05, 0.1) is 5.69 Å². The number of hydrogen-bond donors (Lipinski definition) is 2. The van der Waals surface area contributed by atoms with Gasteiger partial charge in [0.25, 0.3) is 0 Å². The first-order valence-corrected chi connectivity index (χ1v) is 7.93. The molecule has 0 aliphatic carbocycles. The topological polar surface area (TPSA) is 94.3 Å². The quantitative estimate of drug-likeness (QED) is 0.741. The number of aromatic nitrogens is 1. The molecule has 0 saturated carbocycles. The molecule has 7 heteroatoms. The van der Waals surface area contributed by atoms with Crippen LogP contribution in [0.2, 0.25) is 0 Å². The van der Waals surface area contributed by atoms with Crippen molar-refractivity contribution in [2.24, 2.45) is 5.73 Å². The van der Waals surface area contributed by atoms with Crippen LogP contribution in [-0.4, -0.2) is 26.6 Å². The van der Waals surface area contributed by atoms with Crippen molar-refractivity contribution in [1.82, 2.24) is 9.71 Å². The van der Waals surface area contributed by atoms with E-state index in [1.54, 1.807) is 6.07 Å². The van der Waals surface area contributed by atoms with Gasteiger partial charge in [0, 0.05) is 19.3 Å². The fourth-order valence-electron chi connectivity index (χ4n) is 1.76. The van der Waals surface area contributed by atoms with Crippen LogP contribution in [0.3, 0.4) is 0 Å². The van der Waals surface area contributed by atoms with Gasteiger partial charge in [-0.3, -0.25) is 4.98 Å².